The van der Waals surface area contributed by atoms with Gasteiger partial charge in [0.05, 0.1) is 7.11 Å². The lowest BCUT2D eigenvalue weighted by Gasteiger charge is -2.07. The van der Waals surface area contributed by atoms with Crippen LogP contribution in [0.15, 0.2) is 0 Å². The summed E-state index contributed by atoms with van der Waals surface area (Å²) < 4.78 is 4.62. The van der Waals surface area contributed by atoms with Crippen molar-refractivity contribution in [3.63, 3.8) is 0 Å². The third kappa shape index (κ3) is 1.61. The Kier molecular flexibility index (Phi) is 2.73. The van der Waals surface area contributed by atoms with E-state index in [9.17, 15) is 4.79 Å². The van der Waals surface area contributed by atoms with Gasteiger partial charge in [-0.15, -0.1) is 0 Å². The first-order valence-corrected chi connectivity index (χ1v) is 4.52. The minimum absolute atomic E-state index is 0.247. The second-order valence-electron chi connectivity index (χ2n) is 3.58. The van der Waals surface area contributed by atoms with Crippen LogP contribution in [0.3, 0.4) is 0 Å². The molecular weight excluding hydrogens is 154 g/mol. The lowest BCUT2D eigenvalue weighted by molar-refractivity contribution is -0.143. The molecule has 3 heteroatoms. The smallest absolute Gasteiger partial charge is 0.326 e. The van der Waals surface area contributed by atoms with E-state index < -0.39 is 5.54 Å². The van der Waals surface area contributed by atoms with Crippen LogP contribution in [0, 0.1) is 5.92 Å². The molecule has 2 atom stereocenters. The summed E-state index contributed by atoms with van der Waals surface area (Å²) in [6.45, 7) is 2.14. The van der Waals surface area contributed by atoms with Crippen molar-refractivity contribution in [1.29, 1.82) is 0 Å². The maximum absolute atomic E-state index is 11.1. The fourth-order valence-electron chi connectivity index (χ4n) is 1.60. The maximum atomic E-state index is 11.1. The Hall–Kier alpha value is -0.570. The van der Waals surface area contributed by atoms with Gasteiger partial charge in [-0.3, -0.25) is 4.79 Å². The molecule has 70 valence electrons. The molecule has 0 bridgehead atoms. The van der Waals surface area contributed by atoms with Crippen LogP contribution in [0.25, 0.3) is 0 Å². The van der Waals surface area contributed by atoms with Crippen LogP contribution in [0.4, 0.5) is 0 Å². The summed E-state index contributed by atoms with van der Waals surface area (Å²) in [6.07, 6.45) is 4.18. The van der Waals surface area contributed by atoms with Crippen LogP contribution in [0.2, 0.25) is 0 Å². The van der Waals surface area contributed by atoms with E-state index in [0.717, 1.165) is 25.7 Å². The van der Waals surface area contributed by atoms with Crippen LogP contribution in [0.1, 0.15) is 32.6 Å². The van der Waals surface area contributed by atoms with Crippen molar-refractivity contribution in [3.05, 3.63) is 0 Å². The molecular formula is C9H17NO2. The quantitative estimate of drug-likeness (QED) is 0.644. The number of unbranched alkanes of at least 4 members (excludes halogenated alkanes) is 1. The van der Waals surface area contributed by atoms with E-state index in [0.29, 0.717) is 5.92 Å². The minimum atomic E-state index is -0.635. The number of hydrogen-bond donors (Lipinski definition) is 1. The number of hydrogen-bond acceptors (Lipinski definition) is 3. The summed E-state index contributed by atoms with van der Waals surface area (Å²) in [7, 11) is 1.39. The fourth-order valence-corrected chi connectivity index (χ4v) is 1.60. The second-order valence-corrected chi connectivity index (χ2v) is 3.58. The topological polar surface area (TPSA) is 52.3 Å². The Morgan fingerprint density at radius 1 is 1.75 bits per heavy atom. The van der Waals surface area contributed by atoms with Crippen molar-refractivity contribution in [2.45, 2.75) is 38.1 Å². The zero-order valence-electron chi connectivity index (χ0n) is 7.80. The van der Waals surface area contributed by atoms with Crippen LogP contribution >= 0.6 is 0 Å². The molecule has 0 saturated heterocycles. The molecule has 0 unspecified atom stereocenters. The zero-order chi connectivity index (χ0) is 9.19. The van der Waals surface area contributed by atoms with E-state index in [4.69, 9.17) is 5.73 Å². The first-order valence-electron chi connectivity index (χ1n) is 4.52. The highest BCUT2D eigenvalue weighted by Crippen LogP contribution is 2.45. The van der Waals surface area contributed by atoms with Crippen molar-refractivity contribution >= 4 is 5.97 Å². The van der Waals surface area contributed by atoms with Crippen LogP contribution in [-0.4, -0.2) is 18.6 Å². The highest BCUT2D eigenvalue weighted by Gasteiger charge is 2.57. The molecule has 0 heterocycles. The van der Waals surface area contributed by atoms with Crippen molar-refractivity contribution < 1.29 is 9.53 Å². The summed E-state index contributed by atoms with van der Waals surface area (Å²) in [5.74, 6) is 0.119. The molecule has 0 radical (unpaired) electrons. The van der Waals surface area contributed by atoms with Gasteiger partial charge in [0.2, 0.25) is 0 Å². The third-order valence-corrected chi connectivity index (χ3v) is 2.62. The van der Waals surface area contributed by atoms with E-state index in [2.05, 4.69) is 11.7 Å². The highest BCUT2D eigenvalue weighted by molar-refractivity contribution is 5.84. The van der Waals surface area contributed by atoms with Gasteiger partial charge in [0.1, 0.15) is 5.54 Å². The van der Waals surface area contributed by atoms with Crippen LogP contribution in [-0.2, 0) is 9.53 Å². The largest absolute Gasteiger partial charge is 0.468 e. The third-order valence-electron chi connectivity index (χ3n) is 2.62. The standard InChI is InChI=1S/C9H17NO2/c1-3-4-5-7-6-9(7,10)8(11)12-2/h7H,3-6,10H2,1-2H3/t7-,9+/m1/s1. The Bertz CT molecular complexity index is 181. The molecule has 1 fully saturated rings. The summed E-state index contributed by atoms with van der Waals surface area (Å²) in [6, 6.07) is 0. The van der Waals surface area contributed by atoms with Gasteiger partial charge >= 0.3 is 5.97 Å². The molecule has 0 aromatic carbocycles. The predicted octanol–water partition coefficient (Wildman–Crippen LogP) is 1.07. The van der Waals surface area contributed by atoms with Gasteiger partial charge in [-0.25, -0.2) is 0 Å². The number of esters is 1. The van der Waals surface area contributed by atoms with Crippen LogP contribution in [0.5, 0.6) is 0 Å². The average molecular weight is 171 g/mol. The number of rotatable bonds is 4. The number of ether oxygens (including phenoxy) is 1. The van der Waals surface area contributed by atoms with E-state index in [-0.39, 0.29) is 5.97 Å². The fraction of sp³-hybridized carbons (Fsp3) is 0.889. The van der Waals surface area contributed by atoms with Gasteiger partial charge in [-0.05, 0) is 18.8 Å². The first kappa shape index (κ1) is 9.52. The van der Waals surface area contributed by atoms with E-state index in [1.165, 1.54) is 7.11 Å². The summed E-state index contributed by atoms with van der Waals surface area (Å²) >= 11 is 0. The number of carbonyl (C=O) groups is 1. The van der Waals surface area contributed by atoms with Gasteiger partial charge in [0.25, 0.3) is 0 Å². The van der Waals surface area contributed by atoms with E-state index in [1.807, 2.05) is 0 Å². The number of carbonyl (C=O) groups excluding carboxylic acids is 1. The van der Waals surface area contributed by atoms with Crippen molar-refractivity contribution in [2.75, 3.05) is 7.11 Å². The molecule has 1 saturated carbocycles. The number of methoxy groups -OCH3 is 1. The van der Waals surface area contributed by atoms with E-state index >= 15 is 0 Å². The molecule has 2 N–H and O–H groups in total. The molecule has 1 aliphatic carbocycles. The SMILES string of the molecule is CCCC[C@@H]1C[C@@]1(N)C(=O)OC. The van der Waals surface area contributed by atoms with Crippen molar-refractivity contribution in [3.8, 4) is 0 Å². The van der Waals surface area contributed by atoms with Crippen LogP contribution < -0.4 is 5.73 Å². The second kappa shape index (κ2) is 3.44. The zero-order valence-corrected chi connectivity index (χ0v) is 7.80. The monoisotopic (exact) mass is 171 g/mol. The molecule has 0 spiro atoms. The lowest BCUT2D eigenvalue weighted by atomic mass is 10.1. The molecule has 0 amide bonds. The molecule has 1 aliphatic rings. The van der Waals surface area contributed by atoms with Crippen molar-refractivity contribution in [1.82, 2.24) is 0 Å². The molecule has 0 aromatic heterocycles. The molecule has 1 rings (SSSR count). The molecule has 3 nitrogen and oxygen atoms in total. The maximum Gasteiger partial charge on any atom is 0.326 e. The Labute approximate surface area is 73.3 Å². The average Bonchev–Trinajstić information content (AvgIpc) is 2.74. The van der Waals surface area contributed by atoms with Crippen molar-refractivity contribution in [2.24, 2.45) is 11.7 Å². The normalized spacial score (nSPS) is 33.1. The summed E-state index contributed by atoms with van der Waals surface area (Å²) in [4.78, 5) is 11.1. The van der Waals surface area contributed by atoms with E-state index in [1.54, 1.807) is 0 Å². The Balaban J connectivity index is 2.32. The Morgan fingerprint density at radius 3 is 2.92 bits per heavy atom. The highest BCUT2D eigenvalue weighted by atomic mass is 16.5. The Morgan fingerprint density at radius 2 is 2.42 bits per heavy atom. The summed E-state index contributed by atoms with van der Waals surface area (Å²) in [5, 5.41) is 0. The predicted molar refractivity (Wildman–Crippen MR) is 46.6 cm³/mol. The number of nitrogens with two attached hydrogens (primary N) is 1. The first-order chi connectivity index (χ1) is 5.65. The molecule has 12 heavy (non-hydrogen) atoms. The molecule has 0 aliphatic heterocycles. The van der Waals surface area contributed by atoms with Gasteiger partial charge in [-0.2, -0.15) is 0 Å². The van der Waals surface area contributed by atoms with Gasteiger partial charge < -0.3 is 10.5 Å². The summed E-state index contributed by atoms with van der Waals surface area (Å²) in [5.41, 5.74) is 5.18. The minimum Gasteiger partial charge on any atom is -0.468 e. The van der Waals surface area contributed by atoms with Gasteiger partial charge in [0.15, 0.2) is 0 Å². The van der Waals surface area contributed by atoms with Gasteiger partial charge in [-0.1, -0.05) is 19.8 Å². The van der Waals surface area contributed by atoms with Gasteiger partial charge in [0, 0.05) is 0 Å². The molecule has 0 aromatic rings. The lowest BCUT2D eigenvalue weighted by Crippen LogP contribution is -2.36.